The van der Waals surface area contributed by atoms with Crippen molar-refractivity contribution < 1.29 is 0 Å². The molecule has 3 unspecified atom stereocenters. The van der Waals surface area contributed by atoms with Gasteiger partial charge in [0.25, 0.3) is 0 Å². The zero-order valence-corrected chi connectivity index (χ0v) is 11.1. The van der Waals surface area contributed by atoms with Crippen LogP contribution in [0, 0.1) is 0 Å². The fraction of sp³-hybridized carbons (Fsp3) is 1.00. The highest BCUT2D eigenvalue weighted by atomic mass is 15.3. The van der Waals surface area contributed by atoms with Crippen LogP contribution in [0.5, 0.6) is 0 Å². The third-order valence-corrected chi connectivity index (χ3v) is 4.45. The molecule has 0 aromatic carbocycles. The standard InChI is InChI=1S/C13H27N3/c1-11-8-13(10-15(11)3)16-7-5-4-6-12(16)9-14-2/h11-14H,4-10H2,1-3H3. The number of hydrogen-bond donors (Lipinski definition) is 1. The molecule has 2 rings (SSSR count). The highest BCUT2D eigenvalue weighted by molar-refractivity contribution is 4.91. The summed E-state index contributed by atoms with van der Waals surface area (Å²) in [6.07, 6.45) is 5.56. The summed E-state index contributed by atoms with van der Waals surface area (Å²) >= 11 is 0. The molecule has 0 bridgehead atoms. The van der Waals surface area contributed by atoms with Crippen molar-refractivity contribution in [2.75, 3.05) is 33.7 Å². The number of likely N-dealkylation sites (tertiary alicyclic amines) is 2. The second kappa shape index (κ2) is 5.48. The van der Waals surface area contributed by atoms with E-state index in [-0.39, 0.29) is 0 Å². The lowest BCUT2D eigenvalue weighted by Gasteiger charge is -2.39. The van der Waals surface area contributed by atoms with E-state index in [1.807, 2.05) is 0 Å². The molecule has 94 valence electrons. The van der Waals surface area contributed by atoms with Gasteiger partial charge in [-0.3, -0.25) is 4.90 Å². The maximum atomic E-state index is 3.36. The van der Waals surface area contributed by atoms with Crippen LogP contribution in [0.3, 0.4) is 0 Å². The lowest BCUT2D eigenvalue weighted by atomic mass is 9.98. The third kappa shape index (κ3) is 2.58. The van der Waals surface area contributed by atoms with Gasteiger partial charge in [0.15, 0.2) is 0 Å². The summed E-state index contributed by atoms with van der Waals surface area (Å²) in [6, 6.07) is 2.35. The fourth-order valence-electron chi connectivity index (χ4n) is 3.36. The minimum atomic E-state index is 0.766. The molecular formula is C13H27N3. The molecule has 2 aliphatic heterocycles. The Hall–Kier alpha value is -0.120. The minimum absolute atomic E-state index is 0.766. The highest BCUT2D eigenvalue weighted by Crippen LogP contribution is 2.26. The molecule has 0 aromatic heterocycles. The average Bonchev–Trinajstić information content (AvgIpc) is 2.60. The predicted octanol–water partition coefficient (Wildman–Crippen LogP) is 1.15. The van der Waals surface area contributed by atoms with Gasteiger partial charge in [-0.25, -0.2) is 0 Å². The van der Waals surface area contributed by atoms with E-state index in [0.717, 1.165) is 24.7 Å². The Morgan fingerprint density at radius 2 is 2.12 bits per heavy atom. The van der Waals surface area contributed by atoms with Crippen LogP contribution in [0.4, 0.5) is 0 Å². The molecule has 3 heteroatoms. The van der Waals surface area contributed by atoms with Crippen molar-refractivity contribution in [3.63, 3.8) is 0 Å². The molecule has 0 radical (unpaired) electrons. The number of nitrogens with zero attached hydrogens (tertiary/aromatic N) is 2. The maximum Gasteiger partial charge on any atom is 0.0241 e. The van der Waals surface area contributed by atoms with Gasteiger partial charge in [0.2, 0.25) is 0 Å². The van der Waals surface area contributed by atoms with Gasteiger partial charge in [0, 0.05) is 31.2 Å². The zero-order chi connectivity index (χ0) is 11.5. The van der Waals surface area contributed by atoms with Crippen LogP contribution < -0.4 is 5.32 Å². The molecule has 2 heterocycles. The molecule has 0 amide bonds. The first kappa shape index (κ1) is 12.3. The molecule has 2 saturated heterocycles. The summed E-state index contributed by atoms with van der Waals surface area (Å²) in [6.45, 7) is 6.10. The number of likely N-dealkylation sites (N-methyl/N-ethyl adjacent to an activating group) is 2. The number of piperidine rings is 1. The Morgan fingerprint density at radius 3 is 2.75 bits per heavy atom. The van der Waals surface area contributed by atoms with Crippen LogP contribution >= 0.6 is 0 Å². The Balaban J connectivity index is 1.95. The molecule has 0 spiro atoms. The van der Waals surface area contributed by atoms with Gasteiger partial charge in [-0.15, -0.1) is 0 Å². The first-order chi connectivity index (χ1) is 7.72. The van der Waals surface area contributed by atoms with Crippen molar-refractivity contribution >= 4 is 0 Å². The summed E-state index contributed by atoms with van der Waals surface area (Å²) in [5.41, 5.74) is 0. The second-order valence-corrected chi connectivity index (χ2v) is 5.62. The number of nitrogens with one attached hydrogen (secondary N) is 1. The molecule has 0 aliphatic carbocycles. The van der Waals surface area contributed by atoms with Crippen molar-refractivity contribution in [2.45, 2.75) is 50.7 Å². The van der Waals surface area contributed by atoms with Crippen molar-refractivity contribution in [2.24, 2.45) is 0 Å². The number of hydrogen-bond acceptors (Lipinski definition) is 3. The van der Waals surface area contributed by atoms with Crippen LogP contribution in [0.2, 0.25) is 0 Å². The van der Waals surface area contributed by atoms with Crippen molar-refractivity contribution in [1.29, 1.82) is 0 Å². The summed E-state index contributed by atoms with van der Waals surface area (Å²) < 4.78 is 0. The summed E-state index contributed by atoms with van der Waals surface area (Å²) in [5, 5.41) is 3.36. The van der Waals surface area contributed by atoms with E-state index in [1.54, 1.807) is 0 Å². The Labute approximate surface area is 100 Å². The molecule has 3 nitrogen and oxygen atoms in total. The quantitative estimate of drug-likeness (QED) is 0.777. The lowest BCUT2D eigenvalue weighted by molar-refractivity contribution is 0.0985. The SMILES string of the molecule is CNCC1CCCCN1C1CC(C)N(C)C1. The van der Waals surface area contributed by atoms with Crippen LogP contribution in [-0.2, 0) is 0 Å². The first-order valence-electron chi connectivity index (χ1n) is 6.83. The summed E-state index contributed by atoms with van der Waals surface area (Å²) in [4.78, 5) is 5.29. The molecule has 0 saturated carbocycles. The molecule has 3 atom stereocenters. The smallest absolute Gasteiger partial charge is 0.0241 e. The average molecular weight is 225 g/mol. The van der Waals surface area contributed by atoms with Crippen LogP contribution in [-0.4, -0.2) is 61.7 Å². The van der Waals surface area contributed by atoms with E-state index in [2.05, 4.69) is 36.1 Å². The van der Waals surface area contributed by atoms with Crippen molar-refractivity contribution in [3.05, 3.63) is 0 Å². The van der Waals surface area contributed by atoms with Gasteiger partial charge in [0.05, 0.1) is 0 Å². The summed E-state index contributed by atoms with van der Waals surface area (Å²) in [7, 11) is 4.35. The monoisotopic (exact) mass is 225 g/mol. The van der Waals surface area contributed by atoms with E-state index < -0.39 is 0 Å². The second-order valence-electron chi connectivity index (χ2n) is 5.62. The lowest BCUT2D eigenvalue weighted by Crippen LogP contribution is -2.50. The van der Waals surface area contributed by atoms with E-state index >= 15 is 0 Å². The van der Waals surface area contributed by atoms with Crippen LogP contribution in [0.1, 0.15) is 32.6 Å². The molecule has 2 fully saturated rings. The topological polar surface area (TPSA) is 18.5 Å². The van der Waals surface area contributed by atoms with Gasteiger partial charge in [-0.2, -0.15) is 0 Å². The van der Waals surface area contributed by atoms with Gasteiger partial charge < -0.3 is 10.2 Å². The van der Waals surface area contributed by atoms with Crippen LogP contribution in [0.15, 0.2) is 0 Å². The molecule has 1 N–H and O–H groups in total. The fourth-order valence-corrected chi connectivity index (χ4v) is 3.36. The largest absolute Gasteiger partial charge is 0.318 e. The summed E-state index contributed by atoms with van der Waals surface area (Å²) in [5.74, 6) is 0. The van der Waals surface area contributed by atoms with Gasteiger partial charge in [0.1, 0.15) is 0 Å². The van der Waals surface area contributed by atoms with Gasteiger partial charge in [-0.05, 0) is 46.8 Å². The molecule has 2 aliphatic rings. The van der Waals surface area contributed by atoms with E-state index in [0.29, 0.717) is 0 Å². The maximum absolute atomic E-state index is 3.36. The Bertz CT molecular complexity index is 207. The van der Waals surface area contributed by atoms with Crippen molar-refractivity contribution in [1.82, 2.24) is 15.1 Å². The zero-order valence-electron chi connectivity index (χ0n) is 11.1. The predicted molar refractivity (Wildman–Crippen MR) is 68.8 cm³/mol. The van der Waals surface area contributed by atoms with Gasteiger partial charge in [-0.1, -0.05) is 6.42 Å². The Morgan fingerprint density at radius 1 is 1.31 bits per heavy atom. The van der Waals surface area contributed by atoms with Gasteiger partial charge >= 0.3 is 0 Å². The Kier molecular flexibility index (Phi) is 4.22. The molecule has 16 heavy (non-hydrogen) atoms. The van der Waals surface area contributed by atoms with Crippen LogP contribution in [0.25, 0.3) is 0 Å². The van der Waals surface area contributed by atoms with E-state index in [1.165, 1.54) is 38.8 Å². The van der Waals surface area contributed by atoms with E-state index in [4.69, 9.17) is 0 Å². The number of rotatable bonds is 3. The molecule has 0 aromatic rings. The third-order valence-electron chi connectivity index (χ3n) is 4.45. The first-order valence-corrected chi connectivity index (χ1v) is 6.83. The molecular weight excluding hydrogens is 198 g/mol. The van der Waals surface area contributed by atoms with E-state index in [9.17, 15) is 0 Å². The van der Waals surface area contributed by atoms with Crippen molar-refractivity contribution in [3.8, 4) is 0 Å². The minimum Gasteiger partial charge on any atom is -0.318 e. The highest BCUT2D eigenvalue weighted by Gasteiger charge is 2.34. The normalized spacial score (nSPS) is 38.1.